The van der Waals surface area contributed by atoms with Crippen LogP contribution in [0.1, 0.15) is 44.5 Å². The Balaban J connectivity index is 1.71. The normalized spacial score (nSPS) is 21.9. The Morgan fingerprint density at radius 2 is 2.10 bits per heavy atom. The average Bonchev–Trinajstić information content (AvgIpc) is 2.91. The molecule has 1 N–H and O–H groups in total. The van der Waals surface area contributed by atoms with Gasteiger partial charge in [-0.3, -0.25) is 0 Å². The third-order valence-corrected chi connectivity index (χ3v) is 4.11. The minimum atomic E-state index is -0.387. The van der Waals surface area contributed by atoms with E-state index in [1.165, 1.54) is 25.7 Å². The highest BCUT2D eigenvalue weighted by Crippen LogP contribution is 2.33. The van der Waals surface area contributed by atoms with Crippen molar-refractivity contribution in [3.8, 4) is 0 Å². The van der Waals surface area contributed by atoms with Gasteiger partial charge in [-0.05, 0) is 25.1 Å². The number of hydrogen-bond donors (Lipinski definition) is 1. The predicted octanol–water partition coefficient (Wildman–Crippen LogP) is 4.58. The zero-order valence-electron chi connectivity index (χ0n) is 12.4. The smallest absolute Gasteiger partial charge is 0.185 e. The number of ether oxygens (including phenoxy) is 2. The molecule has 1 aliphatic rings. The lowest BCUT2D eigenvalue weighted by Gasteiger charge is -2.14. The molecule has 0 spiro atoms. The zero-order chi connectivity index (χ0) is 15.1. The molecule has 1 aromatic carbocycles. The van der Waals surface area contributed by atoms with Crippen molar-refractivity contribution in [3.63, 3.8) is 0 Å². The first-order valence-corrected chi connectivity index (χ1v) is 8.39. The second kappa shape index (κ2) is 8.96. The van der Waals surface area contributed by atoms with E-state index in [2.05, 4.69) is 12.2 Å². The molecule has 1 heterocycles. The van der Waals surface area contributed by atoms with Crippen LogP contribution in [-0.2, 0) is 9.47 Å². The van der Waals surface area contributed by atoms with Gasteiger partial charge < -0.3 is 14.8 Å². The number of benzene rings is 1. The first-order valence-electron chi connectivity index (χ1n) is 7.63. The van der Waals surface area contributed by atoms with Crippen LogP contribution < -0.4 is 5.32 Å². The lowest BCUT2D eigenvalue weighted by molar-refractivity contribution is -0.0595. The Kier molecular flexibility index (Phi) is 7.27. The molecule has 2 unspecified atom stereocenters. The highest BCUT2D eigenvalue weighted by molar-refractivity contribution is 6.35. The highest BCUT2D eigenvalue weighted by Gasteiger charge is 2.28. The van der Waals surface area contributed by atoms with E-state index in [0.29, 0.717) is 16.7 Å². The maximum Gasteiger partial charge on any atom is 0.185 e. The molecule has 0 amide bonds. The summed E-state index contributed by atoms with van der Waals surface area (Å²) in [5.41, 5.74) is 0.839. The molecule has 1 aliphatic heterocycles. The number of unbranched alkanes of at least 4 members (excludes halogenated alkanes) is 3. The number of halogens is 2. The number of nitrogens with one attached hydrogen (secondary N) is 1. The van der Waals surface area contributed by atoms with Gasteiger partial charge in [0.2, 0.25) is 0 Å². The average molecular weight is 332 g/mol. The maximum absolute atomic E-state index is 6.17. The van der Waals surface area contributed by atoms with E-state index in [0.717, 1.165) is 18.7 Å². The van der Waals surface area contributed by atoms with Gasteiger partial charge in [-0.15, -0.1) is 0 Å². The summed E-state index contributed by atoms with van der Waals surface area (Å²) in [6.07, 6.45) is 4.77. The maximum atomic E-state index is 6.17. The summed E-state index contributed by atoms with van der Waals surface area (Å²) in [5.74, 6) is 0. The summed E-state index contributed by atoms with van der Waals surface area (Å²) in [5, 5.41) is 4.62. The number of rotatable bonds is 8. The van der Waals surface area contributed by atoms with Gasteiger partial charge in [-0.1, -0.05) is 55.5 Å². The molecule has 0 bridgehead atoms. The summed E-state index contributed by atoms with van der Waals surface area (Å²) < 4.78 is 11.6. The molecule has 0 aromatic heterocycles. The van der Waals surface area contributed by atoms with Gasteiger partial charge in [0.25, 0.3) is 0 Å². The van der Waals surface area contributed by atoms with Gasteiger partial charge in [-0.25, -0.2) is 0 Å². The molecular weight excluding hydrogens is 309 g/mol. The zero-order valence-corrected chi connectivity index (χ0v) is 13.9. The van der Waals surface area contributed by atoms with E-state index < -0.39 is 0 Å². The fourth-order valence-electron chi connectivity index (χ4n) is 2.35. The second-order valence-electron chi connectivity index (χ2n) is 5.35. The molecule has 118 valence electrons. The van der Waals surface area contributed by atoms with Gasteiger partial charge in [-0.2, -0.15) is 0 Å². The fourth-order valence-corrected chi connectivity index (χ4v) is 2.85. The van der Waals surface area contributed by atoms with Crippen LogP contribution in [0.25, 0.3) is 0 Å². The van der Waals surface area contributed by atoms with Crippen molar-refractivity contribution >= 4 is 23.2 Å². The largest absolute Gasteiger partial charge is 0.346 e. The van der Waals surface area contributed by atoms with E-state index in [-0.39, 0.29) is 12.4 Å². The van der Waals surface area contributed by atoms with Crippen LogP contribution in [0, 0.1) is 0 Å². The van der Waals surface area contributed by atoms with Crippen LogP contribution in [0.15, 0.2) is 18.2 Å². The summed E-state index contributed by atoms with van der Waals surface area (Å²) in [7, 11) is 0. The molecule has 1 aromatic rings. The topological polar surface area (TPSA) is 30.5 Å². The van der Waals surface area contributed by atoms with Crippen LogP contribution in [-0.4, -0.2) is 25.8 Å². The molecule has 21 heavy (non-hydrogen) atoms. The van der Waals surface area contributed by atoms with Crippen molar-refractivity contribution in [2.75, 3.05) is 19.7 Å². The highest BCUT2D eigenvalue weighted by atomic mass is 35.5. The van der Waals surface area contributed by atoms with E-state index in [1.807, 2.05) is 6.07 Å². The van der Waals surface area contributed by atoms with Crippen molar-refractivity contribution in [2.24, 2.45) is 0 Å². The molecule has 5 heteroatoms. The Labute approximate surface area is 136 Å². The van der Waals surface area contributed by atoms with E-state index in [4.69, 9.17) is 32.7 Å². The standard InChI is InChI=1S/C16H23Cl2NO2/c1-2-3-4-5-8-19-10-13-11-20-16(21-13)14-7-6-12(17)9-15(14)18/h6-7,9,13,16,19H,2-5,8,10-11H2,1H3. The van der Waals surface area contributed by atoms with Gasteiger partial charge in [0, 0.05) is 17.1 Å². The third kappa shape index (κ3) is 5.42. The number of hydrogen-bond acceptors (Lipinski definition) is 3. The summed E-state index contributed by atoms with van der Waals surface area (Å²) in [6.45, 7) is 4.66. The second-order valence-corrected chi connectivity index (χ2v) is 6.20. The molecular formula is C16H23Cl2NO2. The molecule has 1 fully saturated rings. The third-order valence-electron chi connectivity index (χ3n) is 3.55. The van der Waals surface area contributed by atoms with Gasteiger partial charge >= 0.3 is 0 Å². The van der Waals surface area contributed by atoms with Gasteiger partial charge in [0.05, 0.1) is 17.7 Å². The van der Waals surface area contributed by atoms with Crippen LogP contribution in [0.4, 0.5) is 0 Å². The SMILES string of the molecule is CCCCCCNCC1COC(c2ccc(Cl)cc2Cl)O1. The molecule has 0 saturated carbocycles. The first-order chi connectivity index (χ1) is 10.2. The summed E-state index contributed by atoms with van der Waals surface area (Å²) in [4.78, 5) is 0. The summed E-state index contributed by atoms with van der Waals surface area (Å²) in [6, 6.07) is 5.37. The van der Waals surface area contributed by atoms with Crippen LogP contribution in [0.3, 0.4) is 0 Å². The minimum absolute atomic E-state index is 0.0768. The van der Waals surface area contributed by atoms with Crippen molar-refractivity contribution < 1.29 is 9.47 Å². The Hall–Kier alpha value is -0.320. The van der Waals surface area contributed by atoms with Crippen molar-refractivity contribution in [3.05, 3.63) is 33.8 Å². The van der Waals surface area contributed by atoms with Crippen molar-refractivity contribution in [1.82, 2.24) is 5.32 Å². The van der Waals surface area contributed by atoms with Crippen LogP contribution in [0.2, 0.25) is 10.0 Å². The van der Waals surface area contributed by atoms with Crippen molar-refractivity contribution in [1.29, 1.82) is 0 Å². The fraction of sp³-hybridized carbons (Fsp3) is 0.625. The molecule has 1 saturated heterocycles. The monoisotopic (exact) mass is 331 g/mol. The predicted molar refractivity (Wildman–Crippen MR) is 87.0 cm³/mol. The molecule has 0 aliphatic carbocycles. The van der Waals surface area contributed by atoms with E-state index in [1.54, 1.807) is 12.1 Å². The van der Waals surface area contributed by atoms with E-state index in [9.17, 15) is 0 Å². The molecule has 0 radical (unpaired) electrons. The van der Waals surface area contributed by atoms with Crippen LogP contribution in [0.5, 0.6) is 0 Å². The molecule has 2 rings (SSSR count). The minimum Gasteiger partial charge on any atom is -0.346 e. The first kappa shape index (κ1) is 17.0. The van der Waals surface area contributed by atoms with Gasteiger partial charge in [0.1, 0.15) is 0 Å². The molecule has 3 nitrogen and oxygen atoms in total. The summed E-state index contributed by atoms with van der Waals surface area (Å²) >= 11 is 12.1. The van der Waals surface area contributed by atoms with Gasteiger partial charge in [0.15, 0.2) is 6.29 Å². The van der Waals surface area contributed by atoms with E-state index >= 15 is 0 Å². The lowest BCUT2D eigenvalue weighted by Crippen LogP contribution is -2.29. The van der Waals surface area contributed by atoms with Crippen LogP contribution >= 0.6 is 23.2 Å². The molecule has 2 atom stereocenters. The quantitative estimate of drug-likeness (QED) is 0.707. The Bertz CT molecular complexity index is 442. The Morgan fingerprint density at radius 3 is 2.86 bits per heavy atom. The van der Waals surface area contributed by atoms with Crippen molar-refractivity contribution in [2.45, 2.75) is 45.0 Å². The Morgan fingerprint density at radius 1 is 1.24 bits per heavy atom. The lowest BCUT2D eigenvalue weighted by atomic mass is 10.2.